The molecule has 1 aromatic carbocycles. The number of amides is 1. The predicted octanol–water partition coefficient (Wildman–Crippen LogP) is 1.49. The maximum atomic E-state index is 12.7. The molecule has 1 heterocycles. The molecule has 1 fully saturated rings. The van der Waals surface area contributed by atoms with E-state index in [4.69, 9.17) is 4.74 Å². The molecule has 0 bridgehead atoms. The number of aliphatic hydroxyl groups is 1. The van der Waals surface area contributed by atoms with Gasteiger partial charge < -0.3 is 20.5 Å². The lowest BCUT2D eigenvalue weighted by atomic mass is 9.92. The highest BCUT2D eigenvalue weighted by Crippen LogP contribution is 2.16. The number of rotatable bonds is 6. The number of piperidine rings is 1. The molecule has 1 aromatic rings. The molecule has 1 aliphatic heterocycles. The Morgan fingerprint density at radius 3 is 2.83 bits per heavy atom. The van der Waals surface area contributed by atoms with Gasteiger partial charge in [-0.1, -0.05) is 0 Å². The third-order valence-corrected chi connectivity index (χ3v) is 3.76. The molecule has 3 atom stereocenters. The second kappa shape index (κ2) is 9.70. The molecule has 23 heavy (non-hydrogen) atoms. The number of hydrogen-bond acceptors (Lipinski definition) is 4. The van der Waals surface area contributed by atoms with Crippen LogP contribution >= 0.6 is 12.4 Å². The molecule has 0 aromatic heterocycles. The lowest BCUT2D eigenvalue weighted by Crippen LogP contribution is -2.44. The number of hydrogen-bond donors (Lipinski definition) is 3. The highest BCUT2D eigenvalue weighted by atomic mass is 35.5. The minimum atomic E-state index is -0.798. The van der Waals surface area contributed by atoms with Crippen molar-refractivity contribution >= 4 is 18.3 Å². The molecule has 1 unspecified atom stereocenters. The Bertz CT molecular complexity index is 487. The summed E-state index contributed by atoms with van der Waals surface area (Å²) < 4.78 is 18.1. The topological polar surface area (TPSA) is 70.6 Å². The molecule has 0 saturated carbocycles. The number of carbonyl (C=O) groups excluding carboxylic acids is 1. The van der Waals surface area contributed by atoms with Crippen LogP contribution in [0.25, 0.3) is 0 Å². The van der Waals surface area contributed by atoms with Gasteiger partial charge in [0.1, 0.15) is 24.3 Å². The van der Waals surface area contributed by atoms with E-state index in [0.29, 0.717) is 11.8 Å². The van der Waals surface area contributed by atoms with Crippen molar-refractivity contribution in [2.24, 2.45) is 5.92 Å². The number of aliphatic hydroxyl groups excluding tert-OH is 1. The molecule has 2 rings (SSSR count). The van der Waals surface area contributed by atoms with Crippen molar-refractivity contribution in [1.82, 2.24) is 10.6 Å². The summed E-state index contributed by atoms with van der Waals surface area (Å²) in [6.45, 7) is 3.10. The number of benzene rings is 1. The molecule has 0 radical (unpaired) electrons. The Morgan fingerprint density at radius 1 is 1.48 bits per heavy atom. The number of ether oxygens (including phenoxy) is 1. The van der Waals surface area contributed by atoms with Crippen LogP contribution in [0.5, 0.6) is 5.75 Å². The van der Waals surface area contributed by atoms with Crippen LogP contribution in [-0.4, -0.2) is 42.9 Å². The van der Waals surface area contributed by atoms with Crippen LogP contribution in [0.2, 0.25) is 0 Å². The van der Waals surface area contributed by atoms with Crippen molar-refractivity contribution in [1.29, 1.82) is 0 Å². The Balaban J connectivity index is 0.00000264. The van der Waals surface area contributed by atoms with Gasteiger partial charge in [-0.2, -0.15) is 0 Å². The van der Waals surface area contributed by atoms with E-state index in [1.807, 2.05) is 0 Å². The second-order valence-electron chi connectivity index (χ2n) is 5.74. The van der Waals surface area contributed by atoms with E-state index < -0.39 is 6.10 Å². The summed E-state index contributed by atoms with van der Waals surface area (Å²) in [5.74, 6) is 0.131. The van der Waals surface area contributed by atoms with Gasteiger partial charge in [-0.05, 0) is 50.6 Å². The van der Waals surface area contributed by atoms with E-state index in [-0.39, 0.29) is 43.2 Å². The fourth-order valence-corrected chi connectivity index (χ4v) is 2.51. The SMILES string of the molecule is C[C@H]1C[C@@H](C(=O)NCC(O)COc2ccc(F)cc2)CCN1.Cl. The van der Waals surface area contributed by atoms with Crippen LogP contribution in [-0.2, 0) is 4.79 Å². The van der Waals surface area contributed by atoms with Crippen molar-refractivity contribution in [2.45, 2.75) is 31.9 Å². The lowest BCUT2D eigenvalue weighted by molar-refractivity contribution is -0.126. The molecule has 5 nitrogen and oxygen atoms in total. The first-order chi connectivity index (χ1) is 10.5. The van der Waals surface area contributed by atoms with Gasteiger partial charge in [0.05, 0.1) is 0 Å². The van der Waals surface area contributed by atoms with Crippen molar-refractivity contribution in [3.63, 3.8) is 0 Å². The normalized spacial score (nSPS) is 21.9. The van der Waals surface area contributed by atoms with Crippen molar-refractivity contribution in [3.05, 3.63) is 30.1 Å². The summed E-state index contributed by atoms with van der Waals surface area (Å²) in [6, 6.07) is 5.92. The average Bonchev–Trinajstić information content (AvgIpc) is 2.52. The van der Waals surface area contributed by atoms with E-state index in [9.17, 15) is 14.3 Å². The molecule has 1 saturated heterocycles. The monoisotopic (exact) mass is 346 g/mol. The van der Waals surface area contributed by atoms with Crippen LogP contribution in [0.1, 0.15) is 19.8 Å². The van der Waals surface area contributed by atoms with E-state index in [1.54, 1.807) is 0 Å². The summed E-state index contributed by atoms with van der Waals surface area (Å²) >= 11 is 0. The highest BCUT2D eigenvalue weighted by molar-refractivity contribution is 5.85. The number of halogens is 2. The van der Waals surface area contributed by atoms with Crippen LogP contribution in [0, 0.1) is 11.7 Å². The highest BCUT2D eigenvalue weighted by Gasteiger charge is 2.24. The van der Waals surface area contributed by atoms with E-state index in [2.05, 4.69) is 17.6 Å². The first-order valence-electron chi connectivity index (χ1n) is 7.62. The zero-order valence-corrected chi connectivity index (χ0v) is 13.9. The molecule has 130 valence electrons. The van der Waals surface area contributed by atoms with Crippen molar-refractivity contribution < 1.29 is 19.0 Å². The smallest absolute Gasteiger partial charge is 0.223 e. The Hall–Kier alpha value is -1.37. The standard InChI is InChI=1S/C16H23FN2O3.ClH/c1-11-8-12(6-7-18-11)16(21)19-9-14(20)10-22-15-4-2-13(17)3-5-15;/h2-5,11-12,14,18,20H,6-10H2,1H3,(H,19,21);1H/t11-,12-,14?;/m0./s1. The van der Waals surface area contributed by atoms with Crippen LogP contribution in [0.15, 0.2) is 24.3 Å². The molecule has 1 amide bonds. The van der Waals surface area contributed by atoms with E-state index in [0.717, 1.165) is 19.4 Å². The maximum Gasteiger partial charge on any atom is 0.223 e. The number of nitrogens with one attached hydrogen (secondary N) is 2. The zero-order chi connectivity index (χ0) is 15.9. The van der Waals surface area contributed by atoms with Gasteiger partial charge in [0.2, 0.25) is 5.91 Å². The van der Waals surface area contributed by atoms with E-state index >= 15 is 0 Å². The number of carbonyl (C=O) groups is 1. The maximum absolute atomic E-state index is 12.7. The average molecular weight is 347 g/mol. The Labute approximate surface area is 142 Å². The van der Waals surface area contributed by atoms with Gasteiger partial charge in [-0.3, -0.25) is 4.79 Å². The molecular formula is C16H24ClFN2O3. The summed E-state index contributed by atoms with van der Waals surface area (Å²) in [5.41, 5.74) is 0. The molecule has 0 aliphatic carbocycles. The summed E-state index contributed by atoms with van der Waals surface area (Å²) in [6.07, 6.45) is 0.833. The van der Waals surface area contributed by atoms with Gasteiger partial charge in [0.25, 0.3) is 0 Å². The largest absolute Gasteiger partial charge is 0.491 e. The van der Waals surface area contributed by atoms with E-state index in [1.165, 1.54) is 24.3 Å². The minimum absolute atomic E-state index is 0. The van der Waals surface area contributed by atoms with Crippen LogP contribution < -0.4 is 15.4 Å². The fourth-order valence-electron chi connectivity index (χ4n) is 2.51. The zero-order valence-electron chi connectivity index (χ0n) is 13.1. The summed E-state index contributed by atoms with van der Waals surface area (Å²) in [5, 5.41) is 15.9. The molecule has 3 N–H and O–H groups in total. The molecule has 7 heteroatoms. The summed E-state index contributed by atoms with van der Waals surface area (Å²) in [7, 11) is 0. The van der Waals surface area contributed by atoms with Crippen LogP contribution in [0.3, 0.4) is 0 Å². The molecule has 1 aliphatic rings. The van der Waals surface area contributed by atoms with Gasteiger partial charge in [0, 0.05) is 18.5 Å². The first kappa shape index (κ1) is 19.7. The minimum Gasteiger partial charge on any atom is -0.491 e. The quantitative estimate of drug-likeness (QED) is 0.730. The Kier molecular flexibility index (Phi) is 8.30. The molecular weight excluding hydrogens is 323 g/mol. The first-order valence-corrected chi connectivity index (χ1v) is 7.62. The fraction of sp³-hybridized carbons (Fsp3) is 0.562. The van der Waals surface area contributed by atoms with Gasteiger partial charge in [0.15, 0.2) is 0 Å². The third kappa shape index (κ3) is 6.72. The van der Waals surface area contributed by atoms with Gasteiger partial charge in [-0.25, -0.2) is 4.39 Å². The van der Waals surface area contributed by atoms with Gasteiger partial charge in [-0.15, -0.1) is 12.4 Å². The lowest BCUT2D eigenvalue weighted by Gasteiger charge is -2.27. The van der Waals surface area contributed by atoms with Crippen molar-refractivity contribution in [3.8, 4) is 5.75 Å². The predicted molar refractivity (Wildman–Crippen MR) is 88.3 cm³/mol. The van der Waals surface area contributed by atoms with Crippen molar-refractivity contribution in [2.75, 3.05) is 19.7 Å². The Morgan fingerprint density at radius 2 is 2.17 bits per heavy atom. The van der Waals surface area contributed by atoms with Gasteiger partial charge >= 0.3 is 0 Å². The van der Waals surface area contributed by atoms with Crippen LogP contribution in [0.4, 0.5) is 4.39 Å². The molecule has 0 spiro atoms. The third-order valence-electron chi connectivity index (χ3n) is 3.76. The second-order valence-corrected chi connectivity index (χ2v) is 5.74. The summed E-state index contributed by atoms with van der Waals surface area (Å²) in [4.78, 5) is 12.0.